The summed E-state index contributed by atoms with van der Waals surface area (Å²) in [7, 11) is 0. The lowest BCUT2D eigenvalue weighted by Gasteiger charge is -2.40. The van der Waals surface area contributed by atoms with Crippen molar-refractivity contribution in [1.82, 2.24) is 10.2 Å². The zero-order valence-corrected chi connectivity index (χ0v) is 12.7. The highest BCUT2D eigenvalue weighted by molar-refractivity contribution is 4.88. The first-order valence-electron chi connectivity index (χ1n) is 8.04. The smallest absolute Gasteiger partial charge is 0.0118 e. The van der Waals surface area contributed by atoms with E-state index in [0.717, 1.165) is 12.0 Å². The fourth-order valence-electron chi connectivity index (χ4n) is 3.69. The second-order valence-corrected chi connectivity index (χ2v) is 7.31. The van der Waals surface area contributed by atoms with Crippen molar-refractivity contribution >= 4 is 0 Å². The third-order valence-electron chi connectivity index (χ3n) is 4.99. The van der Waals surface area contributed by atoms with E-state index < -0.39 is 0 Å². The van der Waals surface area contributed by atoms with Crippen LogP contribution in [0.1, 0.15) is 59.3 Å². The van der Waals surface area contributed by atoms with Gasteiger partial charge < -0.3 is 10.2 Å². The number of hydrogen-bond acceptors (Lipinski definition) is 2. The molecule has 106 valence electrons. The molecule has 1 heterocycles. The van der Waals surface area contributed by atoms with E-state index in [1.54, 1.807) is 0 Å². The fraction of sp³-hybridized carbons (Fsp3) is 1.00. The summed E-state index contributed by atoms with van der Waals surface area (Å²) in [5.41, 5.74) is 0.506. The quantitative estimate of drug-likeness (QED) is 0.808. The summed E-state index contributed by atoms with van der Waals surface area (Å²) in [6.45, 7) is 12.4. The molecule has 2 unspecified atom stereocenters. The van der Waals surface area contributed by atoms with Crippen molar-refractivity contribution in [1.29, 1.82) is 0 Å². The van der Waals surface area contributed by atoms with Gasteiger partial charge in [-0.25, -0.2) is 0 Å². The fourth-order valence-corrected chi connectivity index (χ4v) is 3.69. The molecule has 18 heavy (non-hydrogen) atoms. The number of nitrogens with zero attached hydrogens (tertiary/aromatic N) is 1. The van der Waals surface area contributed by atoms with Crippen LogP contribution in [-0.4, -0.2) is 37.1 Å². The molecule has 0 spiro atoms. The van der Waals surface area contributed by atoms with Gasteiger partial charge in [0.25, 0.3) is 0 Å². The van der Waals surface area contributed by atoms with Gasteiger partial charge in [0.1, 0.15) is 0 Å². The summed E-state index contributed by atoms with van der Waals surface area (Å²) in [5, 5.41) is 3.86. The second kappa shape index (κ2) is 6.38. The van der Waals surface area contributed by atoms with Crippen LogP contribution < -0.4 is 5.32 Å². The maximum Gasteiger partial charge on any atom is 0.0118 e. The molecule has 2 fully saturated rings. The first kappa shape index (κ1) is 14.3. The molecule has 1 saturated heterocycles. The monoisotopic (exact) mass is 252 g/mol. The molecule has 0 radical (unpaired) electrons. The van der Waals surface area contributed by atoms with Crippen LogP contribution in [0.15, 0.2) is 0 Å². The Kier molecular flexibility index (Phi) is 5.08. The van der Waals surface area contributed by atoms with Gasteiger partial charge in [-0.15, -0.1) is 0 Å². The summed E-state index contributed by atoms with van der Waals surface area (Å²) in [5.74, 6) is 0.792. The molecule has 2 atom stereocenters. The summed E-state index contributed by atoms with van der Waals surface area (Å²) >= 11 is 0. The van der Waals surface area contributed by atoms with Crippen LogP contribution in [0, 0.1) is 11.3 Å². The van der Waals surface area contributed by atoms with Crippen molar-refractivity contribution in [2.75, 3.05) is 26.2 Å². The van der Waals surface area contributed by atoms with Crippen molar-refractivity contribution < 1.29 is 0 Å². The van der Waals surface area contributed by atoms with E-state index in [4.69, 9.17) is 0 Å². The van der Waals surface area contributed by atoms with Crippen LogP contribution in [-0.2, 0) is 0 Å². The molecule has 1 N–H and O–H groups in total. The lowest BCUT2D eigenvalue weighted by molar-refractivity contribution is 0.159. The minimum atomic E-state index is 0.506. The Morgan fingerprint density at radius 1 is 1.17 bits per heavy atom. The Balaban J connectivity index is 1.69. The summed E-state index contributed by atoms with van der Waals surface area (Å²) < 4.78 is 0. The first-order valence-corrected chi connectivity index (χ1v) is 8.04. The van der Waals surface area contributed by atoms with E-state index in [0.29, 0.717) is 5.41 Å². The Bertz CT molecular complexity index is 243. The molecule has 2 nitrogen and oxygen atoms in total. The molecule has 2 heteroatoms. The number of likely N-dealkylation sites (tertiary alicyclic amines) is 1. The molecule has 0 aromatic carbocycles. The molecule has 2 aliphatic rings. The zero-order valence-electron chi connectivity index (χ0n) is 12.7. The lowest BCUT2D eigenvalue weighted by Crippen LogP contribution is -2.46. The van der Waals surface area contributed by atoms with Crippen LogP contribution in [0.2, 0.25) is 0 Å². The predicted molar refractivity (Wildman–Crippen MR) is 78.9 cm³/mol. The second-order valence-electron chi connectivity index (χ2n) is 7.31. The molecule has 0 aromatic rings. The summed E-state index contributed by atoms with van der Waals surface area (Å²) in [6.07, 6.45) is 8.44. The standard InChI is InChI=1S/C16H32N2/c1-14(13-18-10-6-7-11-18)12-17-15-8-4-5-9-16(15,2)3/h14-15,17H,4-13H2,1-3H3. The van der Waals surface area contributed by atoms with Gasteiger partial charge in [-0.05, 0) is 56.7 Å². The molecule has 0 aromatic heterocycles. The third kappa shape index (κ3) is 3.96. The summed E-state index contributed by atoms with van der Waals surface area (Å²) in [6, 6.07) is 0.743. The van der Waals surface area contributed by atoms with Crippen LogP contribution in [0.25, 0.3) is 0 Å². The van der Waals surface area contributed by atoms with Crippen LogP contribution >= 0.6 is 0 Å². The zero-order chi connectivity index (χ0) is 13.0. The normalized spacial score (nSPS) is 30.5. The van der Waals surface area contributed by atoms with Gasteiger partial charge in [0.15, 0.2) is 0 Å². The highest BCUT2D eigenvalue weighted by Crippen LogP contribution is 2.35. The van der Waals surface area contributed by atoms with E-state index in [-0.39, 0.29) is 0 Å². The minimum Gasteiger partial charge on any atom is -0.313 e. The number of hydrogen-bond donors (Lipinski definition) is 1. The Morgan fingerprint density at radius 3 is 2.56 bits per heavy atom. The van der Waals surface area contributed by atoms with E-state index in [1.807, 2.05) is 0 Å². The molecule has 1 saturated carbocycles. The van der Waals surface area contributed by atoms with Gasteiger partial charge in [-0.2, -0.15) is 0 Å². The van der Waals surface area contributed by atoms with Crippen molar-refractivity contribution in [2.24, 2.45) is 11.3 Å². The topological polar surface area (TPSA) is 15.3 Å². The highest BCUT2D eigenvalue weighted by atomic mass is 15.1. The number of rotatable bonds is 5. The Morgan fingerprint density at radius 2 is 1.89 bits per heavy atom. The van der Waals surface area contributed by atoms with Crippen molar-refractivity contribution in [2.45, 2.75) is 65.3 Å². The molecule has 2 rings (SSSR count). The molecule has 1 aliphatic heterocycles. The van der Waals surface area contributed by atoms with E-state index >= 15 is 0 Å². The van der Waals surface area contributed by atoms with Crippen LogP contribution in [0.4, 0.5) is 0 Å². The molecular weight excluding hydrogens is 220 g/mol. The SMILES string of the molecule is CC(CNC1CCCCC1(C)C)CN1CCCC1. The van der Waals surface area contributed by atoms with Crippen molar-refractivity contribution in [3.63, 3.8) is 0 Å². The van der Waals surface area contributed by atoms with Crippen LogP contribution in [0.5, 0.6) is 0 Å². The molecular formula is C16H32N2. The Hall–Kier alpha value is -0.0800. The predicted octanol–water partition coefficient (Wildman–Crippen LogP) is 3.28. The maximum atomic E-state index is 3.86. The molecule has 0 amide bonds. The van der Waals surface area contributed by atoms with Gasteiger partial charge in [-0.1, -0.05) is 33.6 Å². The highest BCUT2D eigenvalue weighted by Gasteiger charge is 2.31. The van der Waals surface area contributed by atoms with E-state index in [2.05, 4.69) is 31.0 Å². The van der Waals surface area contributed by atoms with Crippen LogP contribution in [0.3, 0.4) is 0 Å². The largest absolute Gasteiger partial charge is 0.313 e. The van der Waals surface area contributed by atoms with Crippen molar-refractivity contribution in [3.8, 4) is 0 Å². The molecule has 1 aliphatic carbocycles. The average Bonchev–Trinajstić information content (AvgIpc) is 2.80. The summed E-state index contributed by atoms with van der Waals surface area (Å²) in [4.78, 5) is 2.64. The maximum absolute atomic E-state index is 3.86. The van der Waals surface area contributed by atoms with E-state index in [9.17, 15) is 0 Å². The molecule has 0 bridgehead atoms. The lowest BCUT2D eigenvalue weighted by atomic mass is 9.73. The van der Waals surface area contributed by atoms with E-state index in [1.165, 1.54) is 64.7 Å². The van der Waals surface area contributed by atoms with Gasteiger partial charge in [0, 0.05) is 12.6 Å². The minimum absolute atomic E-state index is 0.506. The van der Waals surface area contributed by atoms with Gasteiger partial charge in [-0.3, -0.25) is 0 Å². The number of nitrogens with one attached hydrogen (secondary N) is 1. The van der Waals surface area contributed by atoms with Gasteiger partial charge in [0.05, 0.1) is 0 Å². The third-order valence-corrected chi connectivity index (χ3v) is 4.99. The van der Waals surface area contributed by atoms with Gasteiger partial charge >= 0.3 is 0 Å². The average molecular weight is 252 g/mol. The van der Waals surface area contributed by atoms with Crippen molar-refractivity contribution in [3.05, 3.63) is 0 Å². The first-order chi connectivity index (χ1) is 8.58. The van der Waals surface area contributed by atoms with Gasteiger partial charge in [0.2, 0.25) is 0 Å². The Labute approximate surface area is 114 Å².